The number of H-pyrrole nitrogens is 1. The number of aromatic amines is 1. The van der Waals surface area contributed by atoms with Crippen LogP contribution in [0.25, 0.3) is 10.9 Å². The molecule has 0 aliphatic carbocycles. The van der Waals surface area contributed by atoms with Gasteiger partial charge in [-0.3, -0.25) is 9.59 Å². The summed E-state index contributed by atoms with van der Waals surface area (Å²) in [5, 5.41) is 10.8. The van der Waals surface area contributed by atoms with Crippen LogP contribution >= 0.6 is 0 Å². The van der Waals surface area contributed by atoms with Gasteiger partial charge in [0, 0.05) is 28.2 Å². The minimum absolute atomic E-state index is 0.107. The Hall–Kier alpha value is -4.13. The summed E-state index contributed by atoms with van der Waals surface area (Å²) in [5.74, 6) is -1.45. The smallest absolute Gasteiger partial charge is 0.321 e. The number of nitrogens with one attached hydrogen (secondary N) is 1. The zero-order valence-electron chi connectivity index (χ0n) is 18.4. The Morgan fingerprint density at radius 2 is 1.88 bits per heavy atom. The second kappa shape index (κ2) is 8.33. The third kappa shape index (κ3) is 3.50. The molecule has 172 valence electrons. The third-order valence-corrected chi connectivity index (χ3v) is 6.45. The fourth-order valence-electron chi connectivity index (χ4n) is 4.45. The lowest BCUT2D eigenvalue weighted by molar-refractivity contribution is -0.141. The first-order chi connectivity index (χ1) is 16.4. The van der Waals surface area contributed by atoms with Crippen LogP contribution in [-0.2, 0) is 10.2 Å². The molecule has 0 saturated carbocycles. The van der Waals surface area contributed by atoms with E-state index in [2.05, 4.69) is 4.98 Å². The molecule has 0 amide bonds. The van der Waals surface area contributed by atoms with Crippen LogP contribution in [-0.4, -0.2) is 35.1 Å². The minimum atomic E-state index is -1.76. The fraction of sp³-hybridized carbons (Fsp3) is 0.185. The molecule has 1 aliphatic heterocycles. The Balaban J connectivity index is 1.36. The summed E-state index contributed by atoms with van der Waals surface area (Å²) in [6, 6.07) is 18.2. The number of carboxylic acids is 1. The molecule has 1 unspecified atom stereocenters. The second-order valence-corrected chi connectivity index (χ2v) is 8.51. The average Bonchev–Trinajstić information content (AvgIpc) is 3.49. The van der Waals surface area contributed by atoms with Crippen molar-refractivity contribution in [3.63, 3.8) is 0 Å². The van der Waals surface area contributed by atoms with E-state index in [1.54, 1.807) is 54.7 Å². The standard InChI is InChI=1S/C27H22FNO5/c1-27(26(31)32,21-5-3-7-23-20(21)12-13-29-23)25(30)16-8-10-18(11-9-16)33-14-17-15-34-24-19(17)4-2-6-22(24)28/h2-13,17,29H,14-15H2,1H3,(H,31,32)/t17-,27?/m1/s1. The number of hydrogen-bond donors (Lipinski definition) is 2. The normalized spacial score (nSPS) is 16.5. The number of aliphatic carboxylic acids is 1. The highest BCUT2D eigenvalue weighted by Gasteiger charge is 2.44. The van der Waals surface area contributed by atoms with Gasteiger partial charge in [-0.2, -0.15) is 0 Å². The molecule has 34 heavy (non-hydrogen) atoms. The SMILES string of the molecule is CC(C(=O)O)(C(=O)c1ccc(OC[C@@H]2COc3c(F)cccc32)cc1)c1cccc2[nH]ccc12. The van der Waals surface area contributed by atoms with Crippen LogP contribution in [0.15, 0.2) is 72.9 Å². The van der Waals surface area contributed by atoms with Crippen LogP contribution in [0.3, 0.4) is 0 Å². The number of carbonyl (C=O) groups is 2. The van der Waals surface area contributed by atoms with Crippen LogP contribution < -0.4 is 9.47 Å². The zero-order chi connectivity index (χ0) is 23.9. The monoisotopic (exact) mass is 459 g/mol. The van der Waals surface area contributed by atoms with Gasteiger partial charge in [0.1, 0.15) is 5.75 Å². The number of carbonyl (C=O) groups excluding carboxylic acids is 1. The van der Waals surface area contributed by atoms with Gasteiger partial charge in [-0.1, -0.05) is 24.3 Å². The highest BCUT2D eigenvalue weighted by Crippen LogP contribution is 2.37. The van der Waals surface area contributed by atoms with Crippen molar-refractivity contribution in [3.05, 3.63) is 95.4 Å². The average molecular weight is 459 g/mol. The van der Waals surface area contributed by atoms with Crippen molar-refractivity contribution in [1.29, 1.82) is 0 Å². The number of para-hydroxylation sites is 1. The molecule has 1 aliphatic rings. The maximum Gasteiger partial charge on any atom is 0.321 e. The fourth-order valence-corrected chi connectivity index (χ4v) is 4.45. The van der Waals surface area contributed by atoms with E-state index in [1.165, 1.54) is 13.0 Å². The Morgan fingerprint density at radius 1 is 1.12 bits per heavy atom. The van der Waals surface area contributed by atoms with Gasteiger partial charge in [0.15, 0.2) is 22.8 Å². The van der Waals surface area contributed by atoms with Crippen molar-refractivity contribution in [3.8, 4) is 11.5 Å². The predicted octanol–water partition coefficient (Wildman–Crippen LogP) is 5.09. The lowest BCUT2D eigenvalue weighted by Crippen LogP contribution is -2.41. The summed E-state index contributed by atoms with van der Waals surface area (Å²) in [6.45, 7) is 2.04. The minimum Gasteiger partial charge on any atom is -0.493 e. The molecule has 0 radical (unpaired) electrons. The van der Waals surface area contributed by atoms with Gasteiger partial charge in [0.25, 0.3) is 0 Å². The number of ketones is 1. The van der Waals surface area contributed by atoms with E-state index in [0.29, 0.717) is 23.3 Å². The predicted molar refractivity (Wildman–Crippen MR) is 124 cm³/mol. The molecular formula is C27H22FNO5. The topological polar surface area (TPSA) is 88.6 Å². The lowest BCUT2D eigenvalue weighted by atomic mass is 9.75. The number of rotatable bonds is 7. The molecule has 4 aromatic rings. The number of hydrogen-bond acceptors (Lipinski definition) is 4. The zero-order valence-corrected chi connectivity index (χ0v) is 18.4. The van der Waals surface area contributed by atoms with Gasteiger partial charge < -0.3 is 19.6 Å². The first-order valence-corrected chi connectivity index (χ1v) is 10.9. The number of carboxylic acid groups (broad SMARTS) is 1. The van der Waals surface area contributed by atoms with Crippen LogP contribution in [0.2, 0.25) is 0 Å². The first-order valence-electron chi connectivity index (χ1n) is 10.9. The number of benzene rings is 3. The largest absolute Gasteiger partial charge is 0.493 e. The lowest BCUT2D eigenvalue weighted by Gasteiger charge is -2.25. The summed E-state index contributed by atoms with van der Waals surface area (Å²) in [4.78, 5) is 28.8. The summed E-state index contributed by atoms with van der Waals surface area (Å²) < 4.78 is 25.2. The molecule has 7 heteroatoms. The van der Waals surface area contributed by atoms with E-state index >= 15 is 0 Å². The van der Waals surface area contributed by atoms with E-state index in [9.17, 15) is 19.1 Å². The quantitative estimate of drug-likeness (QED) is 0.297. The van der Waals surface area contributed by atoms with Crippen molar-refractivity contribution in [1.82, 2.24) is 4.98 Å². The molecule has 5 rings (SSSR count). The van der Waals surface area contributed by atoms with Crippen LogP contribution in [0.5, 0.6) is 11.5 Å². The molecular weight excluding hydrogens is 437 g/mol. The highest BCUT2D eigenvalue weighted by atomic mass is 19.1. The van der Waals surface area contributed by atoms with E-state index in [1.807, 2.05) is 12.1 Å². The van der Waals surface area contributed by atoms with Gasteiger partial charge in [-0.15, -0.1) is 0 Å². The summed E-state index contributed by atoms with van der Waals surface area (Å²) in [5.41, 5.74) is 0.457. The van der Waals surface area contributed by atoms with Gasteiger partial charge in [0.05, 0.1) is 19.1 Å². The van der Waals surface area contributed by atoms with Crippen LogP contribution in [0.4, 0.5) is 4.39 Å². The Bertz CT molecular complexity index is 1390. The number of fused-ring (bicyclic) bond motifs is 2. The van der Waals surface area contributed by atoms with Crippen molar-refractivity contribution in [2.24, 2.45) is 0 Å². The van der Waals surface area contributed by atoms with Gasteiger partial charge >= 0.3 is 5.97 Å². The van der Waals surface area contributed by atoms with E-state index in [0.717, 1.165) is 11.1 Å². The van der Waals surface area contributed by atoms with Crippen LogP contribution in [0, 0.1) is 5.82 Å². The molecule has 1 aromatic heterocycles. The van der Waals surface area contributed by atoms with Crippen molar-refractivity contribution in [2.75, 3.05) is 13.2 Å². The van der Waals surface area contributed by atoms with E-state index in [4.69, 9.17) is 9.47 Å². The molecule has 2 atom stereocenters. The maximum absolute atomic E-state index is 13.8. The number of aromatic nitrogens is 1. The Kier molecular flexibility index (Phi) is 5.32. The number of Topliss-reactive ketones (excluding diaryl/α,β-unsaturated/α-hetero) is 1. The Labute approximate surface area is 194 Å². The van der Waals surface area contributed by atoms with E-state index < -0.39 is 17.2 Å². The highest BCUT2D eigenvalue weighted by molar-refractivity contribution is 6.18. The second-order valence-electron chi connectivity index (χ2n) is 8.51. The summed E-state index contributed by atoms with van der Waals surface area (Å²) >= 11 is 0. The molecule has 0 bridgehead atoms. The van der Waals surface area contributed by atoms with Gasteiger partial charge in [-0.05, 0) is 55.0 Å². The molecule has 0 fully saturated rings. The maximum atomic E-state index is 13.8. The molecule has 2 N–H and O–H groups in total. The summed E-state index contributed by atoms with van der Waals surface area (Å²) in [7, 11) is 0. The van der Waals surface area contributed by atoms with Crippen molar-refractivity contribution < 1.29 is 28.6 Å². The van der Waals surface area contributed by atoms with Gasteiger partial charge in [0.2, 0.25) is 0 Å². The van der Waals surface area contributed by atoms with E-state index in [-0.39, 0.29) is 29.7 Å². The molecule has 3 aromatic carbocycles. The first kappa shape index (κ1) is 21.7. The molecule has 2 heterocycles. The molecule has 6 nitrogen and oxygen atoms in total. The van der Waals surface area contributed by atoms with Crippen LogP contribution in [0.1, 0.15) is 34.3 Å². The Morgan fingerprint density at radius 3 is 2.65 bits per heavy atom. The van der Waals surface area contributed by atoms with Crippen molar-refractivity contribution >= 4 is 22.7 Å². The number of ether oxygens (including phenoxy) is 2. The third-order valence-electron chi connectivity index (χ3n) is 6.45. The summed E-state index contributed by atoms with van der Waals surface area (Å²) in [6.07, 6.45) is 1.72. The molecule has 0 saturated heterocycles. The van der Waals surface area contributed by atoms with Gasteiger partial charge in [-0.25, -0.2) is 4.39 Å². The van der Waals surface area contributed by atoms with Crippen molar-refractivity contribution in [2.45, 2.75) is 18.3 Å². The number of halogens is 1. The molecule has 0 spiro atoms.